The van der Waals surface area contributed by atoms with Crippen LogP contribution in [0.25, 0.3) is 0 Å². The number of ether oxygens (including phenoxy) is 2. The van der Waals surface area contributed by atoms with E-state index >= 15 is 0 Å². The van der Waals surface area contributed by atoms with Crippen molar-refractivity contribution in [2.24, 2.45) is 0 Å². The molecule has 17 heavy (non-hydrogen) atoms. The highest BCUT2D eigenvalue weighted by Gasteiger charge is 2.13. The van der Waals surface area contributed by atoms with Gasteiger partial charge in [-0.1, -0.05) is 6.92 Å². The van der Waals surface area contributed by atoms with Crippen molar-refractivity contribution in [3.8, 4) is 11.5 Å². The lowest BCUT2D eigenvalue weighted by atomic mass is 10.1. The molecule has 0 bridgehead atoms. The summed E-state index contributed by atoms with van der Waals surface area (Å²) in [4.78, 5) is 11.7. The van der Waals surface area contributed by atoms with Gasteiger partial charge in [0.05, 0.1) is 25.5 Å². The maximum Gasteiger partial charge on any atom is 0.307 e. The lowest BCUT2D eigenvalue weighted by Crippen LogP contribution is -2.03. The predicted molar refractivity (Wildman–Crippen MR) is 67.3 cm³/mol. The number of rotatable bonds is 6. The van der Waals surface area contributed by atoms with Crippen molar-refractivity contribution in [1.82, 2.24) is 0 Å². The maximum absolute atomic E-state index is 10.7. The van der Waals surface area contributed by atoms with Crippen LogP contribution in [-0.2, 0) is 11.2 Å². The molecule has 1 aromatic rings. The number of carbonyl (C=O) groups is 1. The van der Waals surface area contributed by atoms with Crippen LogP contribution in [0.5, 0.6) is 11.5 Å². The topological polar surface area (TPSA) is 55.8 Å². The lowest BCUT2D eigenvalue weighted by molar-refractivity contribution is -0.136. The summed E-state index contributed by atoms with van der Waals surface area (Å²) in [5.41, 5.74) is 0.623. The average Bonchev–Trinajstić information content (AvgIpc) is 2.30. The van der Waals surface area contributed by atoms with E-state index in [1.807, 2.05) is 13.0 Å². The fourth-order valence-electron chi connectivity index (χ4n) is 1.50. The molecule has 5 heteroatoms. The summed E-state index contributed by atoms with van der Waals surface area (Å²) in [6.07, 6.45) is -0.0728. The zero-order chi connectivity index (χ0) is 12.8. The highest BCUT2D eigenvalue weighted by atomic mass is 32.2. The molecule has 0 saturated carbocycles. The van der Waals surface area contributed by atoms with Crippen LogP contribution >= 0.6 is 11.8 Å². The van der Waals surface area contributed by atoms with Crippen molar-refractivity contribution in [1.29, 1.82) is 0 Å². The van der Waals surface area contributed by atoms with Gasteiger partial charge in [-0.3, -0.25) is 4.79 Å². The Morgan fingerprint density at radius 3 is 2.41 bits per heavy atom. The highest BCUT2D eigenvalue weighted by molar-refractivity contribution is 7.99. The van der Waals surface area contributed by atoms with Gasteiger partial charge in [0.1, 0.15) is 11.5 Å². The number of methoxy groups -OCH3 is 2. The number of carboxylic acids is 1. The SMILES string of the molecule is CCSc1cc(OC)c(CC(=O)O)cc1OC. The van der Waals surface area contributed by atoms with Crippen LogP contribution < -0.4 is 9.47 Å². The van der Waals surface area contributed by atoms with Gasteiger partial charge in [0.25, 0.3) is 0 Å². The van der Waals surface area contributed by atoms with Crippen molar-refractivity contribution >= 4 is 17.7 Å². The van der Waals surface area contributed by atoms with Gasteiger partial charge in [-0.25, -0.2) is 0 Å². The Hall–Kier alpha value is -1.36. The second kappa shape index (κ2) is 6.39. The van der Waals surface area contributed by atoms with Crippen molar-refractivity contribution < 1.29 is 19.4 Å². The van der Waals surface area contributed by atoms with Gasteiger partial charge >= 0.3 is 5.97 Å². The molecular weight excluding hydrogens is 240 g/mol. The maximum atomic E-state index is 10.7. The van der Waals surface area contributed by atoms with Gasteiger partial charge in [-0.05, 0) is 17.9 Å². The minimum Gasteiger partial charge on any atom is -0.496 e. The minimum absolute atomic E-state index is 0.0728. The molecule has 94 valence electrons. The van der Waals surface area contributed by atoms with Crippen molar-refractivity contribution in [2.75, 3.05) is 20.0 Å². The third kappa shape index (κ3) is 3.56. The van der Waals surface area contributed by atoms with Gasteiger partial charge < -0.3 is 14.6 Å². The number of thioether (sulfide) groups is 1. The molecule has 1 N–H and O–H groups in total. The Labute approximate surface area is 105 Å². The molecule has 0 heterocycles. The molecule has 1 rings (SSSR count). The summed E-state index contributed by atoms with van der Waals surface area (Å²) in [5, 5.41) is 8.82. The lowest BCUT2D eigenvalue weighted by Gasteiger charge is -2.13. The number of hydrogen-bond acceptors (Lipinski definition) is 4. The van der Waals surface area contributed by atoms with E-state index < -0.39 is 5.97 Å². The first kappa shape index (κ1) is 13.7. The summed E-state index contributed by atoms with van der Waals surface area (Å²) in [5.74, 6) is 1.30. The smallest absolute Gasteiger partial charge is 0.307 e. The third-order valence-electron chi connectivity index (χ3n) is 2.21. The molecule has 1 aromatic carbocycles. The summed E-state index contributed by atoms with van der Waals surface area (Å²) >= 11 is 1.63. The second-order valence-corrected chi connectivity index (χ2v) is 4.62. The first-order valence-electron chi connectivity index (χ1n) is 5.21. The monoisotopic (exact) mass is 256 g/mol. The molecule has 0 saturated heterocycles. The van der Waals surface area contributed by atoms with E-state index in [4.69, 9.17) is 14.6 Å². The van der Waals surface area contributed by atoms with Gasteiger partial charge in [0, 0.05) is 5.56 Å². The fourth-order valence-corrected chi connectivity index (χ4v) is 2.29. The van der Waals surface area contributed by atoms with E-state index in [0.29, 0.717) is 17.1 Å². The van der Waals surface area contributed by atoms with Crippen LogP contribution in [0.1, 0.15) is 12.5 Å². The third-order valence-corrected chi connectivity index (χ3v) is 3.13. The molecule has 0 fully saturated rings. The molecule has 0 atom stereocenters. The quantitative estimate of drug-likeness (QED) is 0.792. The van der Waals surface area contributed by atoms with Crippen molar-refractivity contribution in [3.63, 3.8) is 0 Å². The van der Waals surface area contributed by atoms with Crippen LogP contribution in [0, 0.1) is 0 Å². The summed E-state index contributed by atoms with van der Waals surface area (Å²) in [6, 6.07) is 3.55. The molecule has 0 radical (unpaired) electrons. The van der Waals surface area contributed by atoms with E-state index in [9.17, 15) is 4.79 Å². The predicted octanol–water partition coefficient (Wildman–Crippen LogP) is 2.44. The Balaban J connectivity index is 3.17. The summed E-state index contributed by atoms with van der Waals surface area (Å²) in [7, 11) is 3.11. The Bertz CT molecular complexity index is 404. The summed E-state index contributed by atoms with van der Waals surface area (Å²) in [6.45, 7) is 2.04. The minimum atomic E-state index is -0.888. The molecule has 0 spiro atoms. The average molecular weight is 256 g/mol. The van der Waals surface area contributed by atoms with Crippen LogP contribution in [0.2, 0.25) is 0 Å². The van der Waals surface area contributed by atoms with Crippen LogP contribution in [0.15, 0.2) is 17.0 Å². The molecule has 0 aliphatic rings. The number of carboxylic acid groups (broad SMARTS) is 1. The van der Waals surface area contributed by atoms with Crippen LogP contribution in [-0.4, -0.2) is 31.0 Å². The Morgan fingerprint density at radius 1 is 1.29 bits per heavy atom. The van der Waals surface area contributed by atoms with Gasteiger partial charge in [0.2, 0.25) is 0 Å². The van der Waals surface area contributed by atoms with E-state index in [-0.39, 0.29) is 6.42 Å². The largest absolute Gasteiger partial charge is 0.496 e. The highest BCUT2D eigenvalue weighted by Crippen LogP contribution is 2.35. The Morgan fingerprint density at radius 2 is 1.94 bits per heavy atom. The molecule has 4 nitrogen and oxygen atoms in total. The molecule has 0 aliphatic carbocycles. The number of benzene rings is 1. The fraction of sp³-hybridized carbons (Fsp3) is 0.417. The van der Waals surface area contributed by atoms with Crippen molar-refractivity contribution in [3.05, 3.63) is 17.7 Å². The zero-order valence-electron chi connectivity index (χ0n) is 10.1. The van der Waals surface area contributed by atoms with Gasteiger partial charge in [-0.15, -0.1) is 11.8 Å². The summed E-state index contributed by atoms with van der Waals surface area (Å²) < 4.78 is 10.5. The number of hydrogen-bond donors (Lipinski definition) is 1. The molecule has 0 aromatic heterocycles. The van der Waals surface area contributed by atoms with E-state index in [1.165, 1.54) is 7.11 Å². The van der Waals surface area contributed by atoms with Crippen LogP contribution in [0.4, 0.5) is 0 Å². The van der Waals surface area contributed by atoms with Gasteiger partial charge in [-0.2, -0.15) is 0 Å². The standard InChI is InChI=1S/C12H16O4S/c1-4-17-11-7-9(15-2)8(6-12(13)14)5-10(11)16-3/h5,7H,4,6H2,1-3H3,(H,13,14). The van der Waals surface area contributed by atoms with E-state index in [1.54, 1.807) is 24.9 Å². The normalized spacial score (nSPS) is 10.1. The first-order chi connectivity index (χ1) is 8.12. The second-order valence-electron chi connectivity index (χ2n) is 3.32. The number of aliphatic carboxylic acids is 1. The van der Waals surface area contributed by atoms with Gasteiger partial charge in [0.15, 0.2) is 0 Å². The molecule has 0 amide bonds. The first-order valence-corrected chi connectivity index (χ1v) is 6.20. The molecular formula is C12H16O4S. The van der Waals surface area contributed by atoms with E-state index in [2.05, 4.69) is 0 Å². The Kier molecular flexibility index (Phi) is 5.15. The van der Waals surface area contributed by atoms with Crippen LogP contribution in [0.3, 0.4) is 0 Å². The molecule has 0 unspecified atom stereocenters. The van der Waals surface area contributed by atoms with Crippen molar-refractivity contribution in [2.45, 2.75) is 18.2 Å². The van der Waals surface area contributed by atoms with E-state index in [0.717, 1.165) is 10.6 Å². The molecule has 0 aliphatic heterocycles. The zero-order valence-corrected chi connectivity index (χ0v) is 11.0.